The Morgan fingerprint density at radius 2 is 1.61 bits per heavy atom. The van der Waals surface area contributed by atoms with E-state index in [1.165, 1.54) is 13.0 Å². The molecule has 0 fully saturated rings. The van der Waals surface area contributed by atoms with Crippen molar-refractivity contribution in [2.45, 2.75) is 40.0 Å². The zero-order chi connectivity index (χ0) is 20.7. The minimum Gasteiger partial charge on any atom is -0.323 e. The number of rotatable bonds is 7. The van der Waals surface area contributed by atoms with Crippen molar-refractivity contribution in [2.75, 3.05) is 10.6 Å². The number of Topliss-reactive ketones (excluding diaryl/α,β-unsaturated/α-hetero) is 1. The van der Waals surface area contributed by atoms with Crippen LogP contribution in [0, 0.1) is 0 Å². The Labute approximate surface area is 165 Å². The summed E-state index contributed by atoms with van der Waals surface area (Å²) in [4.78, 5) is 36.0. The molecule has 0 saturated heterocycles. The first kappa shape index (κ1) is 21.1. The molecule has 2 aromatic rings. The lowest BCUT2D eigenvalue weighted by Crippen LogP contribution is -2.17. The molecule has 2 rings (SSSR count). The first-order valence-electron chi connectivity index (χ1n) is 9.32. The average molecular weight is 378 g/mol. The van der Waals surface area contributed by atoms with E-state index in [-0.39, 0.29) is 11.7 Å². The maximum Gasteiger partial charge on any atom is 0.251 e. The Bertz CT molecular complexity index is 898. The lowest BCUT2D eigenvalue weighted by molar-refractivity contribution is -0.114. The van der Waals surface area contributed by atoms with Crippen LogP contribution in [-0.4, -0.2) is 17.6 Å². The molecule has 5 heteroatoms. The summed E-state index contributed by atoms with van der Waals surface area (Å²) in [6.45, 7) is 7.29. The summed E-state index contributed by atoms with van der Waals surface area (Å²) in [5.74, 6) is -0.443. The monoisotopic (exact) mass is 378 g/mol. The van der Waals surface area contributed by atoms with Crippen molar-refractivity contribution < 1.29 is 14.4 Å². The number of hydrogen-bond acceptors (Lipinski definition) is 3. The fourth-order valence-electron chi connectivity index (χ4n) is 2.71. The zero-order valence-electron chi connectivity index (χ0n) is 16.7. The average Bonchev–Trinajstić information content (AvgIpc) is 2.68. The van der Waals surface area contributed by atoms with Crippen LogP contribution in [0.15, 0.2) is 60.2 Å². The number of ketones is 1. The third-order valence-corrected chi connectivity index (χ3v) is 4.62. The molecule has 1 unspecified atom stereocenters. The van der Waals surface area contributed by atoms with Gasteiger partial charge in [-0.05, 0) is 62.1 Å². The van der Waals surface area contributed by atoms with Gasteiger partial charge in [-0.2, -0.15) is 0 Å². The molecule has 0 aliphatic heterocycles. The molecular formula is C23H26N2O3. The summed E-state index contributed by atoms with van der Waals surface area (Å²) in [5, 5.41) is 5.58. The highest BCUT2D eigenvalue weighted by Gasteiger charge is 2.13. The lowest BCUT2D eigenvalue weighted by Gasteiger charge is -2.15. The van der Waals surface area contributed by atoms with E-state index < -0.39 is 5.91 Å². The standard InChI is InChI=1S/C23H26N2O3/c1-5-15(2)20-8-6-7-9-21(20)25-23(28)16(3)14-22(27)24-19-12-10-18(11-13-19)17(4)26/h6-15H,5H2,1-4H3,(H,24,27)(H,25,28)/b16-14-. The van der Waals surface area contributed by atoms with Gasteiger partial charge in [-0.3, -0.25) is 14.4 Å². The second-order valence-corrected chi connectivity index (χ2v) is 6.80. The smallest absolute Gasteiger partial charge is 0.251 e. The minimum absolute atomic E-state index is 0.0389. The van der Waals surface area contributed by atoms with Gasteiger partial charge in [0.1, 0.15) is 0 Å². The van der Waals surface area contributed by atoms with Crippen LogP contribution in [0.3, 0.4) is 0 Å². The molecule has 0 saturated carbocycles. The molecule has 0 heterocycles. The fourth-order valence-corrected chi connectivity index (χ4v) is 2.71. The number of carbonyl (C=O) groups excluding carboxylic acids is 3. The molecule has 0 aliphatic carbocycles. The van der Waals surface area contributed by atoms with Crippen molar-refractivity contribution in [3.8, 4) is 0 Å². The normalized spacial score (nSPS) is 12.2. The van der Waals surface area contributed by atoms with Crippen molar-refractivity contribution in [3.05, 3.63) is 71.3 Å². The molecule has 2 amide bonds. The summed E-state index contributed by atoms with van der Waals surface area (Å²) in [7, 11) is 0. The van der Waals surface area contributed by atoms with Crippen LogP contribution in [-0.2, 0) is 9.59 Å². The number of para-hydroxylation sites is 1. The maximum absolute atomic E-state index is 12.5. The van der Waals surface area contributed by atoms with Crippen LogP contribution in [0.5, 0.6) is 0 Å². The molecule has 2 N–H and O–H groups in total. The van der Waals surface area contributed by atoms with Gasteiger partial charge in [0.2, 0.25) is 5.91 Å². The van der Waals surface area contributed by atoms with Crippen LogP contribution in [0.2, 0.25) is 0 Å². The number of amides is 2. The molecule has 0 aromatic heterocycles. The van der Waals surface area contributed by atoms with Crippen LogP contribution >= 0.6 is 0 Å². The number of anilines is 2. The highest BCUT2D eigenvalue weighted by molar-refractivity contribution is 6.10. The molecule has 28 heavy (non-hydrogen) atoms. The maximum atomic E-state index is 12.5. The van der Waals surface area contributed by atoms with Crippen LogP contribution < -0.4 is 10.6 Å². The summed E-state index contributed by atoms with van der Waals surface area (Å²) < 4.78 is 0. The Balaban J connectivity index is 2.05. The third-order valence-electron chi connectivity index (χ3n) is 4.62. The molecule has 0 spiro atoms. The fraction of sp³-hybridized carbons (Fsp3) is 0.261. The van der Waals surface area contributed by atoms with Crippen molar-refractivity contribution in [2.24, 2.45) is 0 Å². The minimum atomic E-state index is -0.404. The summed E-state index contributed by atoms with van der Waals surface area (Å²) >= 11 is 0. The quantitative estimate of drug-likeness (QED) is 0.530. The first-order chi connectivity index (χ1) is 13.3. The van der Waals surface area contributed by atoms with E-state index in [1.807, 2.05) is 24.3 Å². The van der Waals surface area contributed by atoms with E-state index in [0.717, 1.165) is 17.7 Å². The highest BCUT2D eigenvalue weighted by Crippen LogP contribution is 2.26. The Kier molecular flexibility index (Phi) is 7.27. The molecule has 146 valence electrons. The van der Waals surface area contributed by atoms with Gasteiger partial charge < -0.3 is 10.6 Å². The molecule has 0 aliphatic rings. The summed E-state index contributed by atoms with van der Waals surface area (Å²) in [6.07, 6.45) is 2.23. The Hall–Kier alpha value is -3.21. The largest absolute Gasteiger partial charge is 0.323 e. The first-order valence-corrected chi connectivity index (χ1v) is 9.32. The van der Waals surface area contributed by atoms with Crippen molar-refractivity contribution in [3.63, 3.8) is 0 Å². The molecular weight excluding hydrogens is 352 g/mol. The van der Waals surface area contributed by atoms with Gasteiger partial charge >= 0.3 is 0 Å². The molecule has 0 radical (unpaired) electrons. The van der Waals surface area contributed by atoms with E-state index in [0.29, 0.717) is 22.7 Å². The van der Waals surface area contributed by atoms with Gasteiger partial charge in [0.15, 0.2) is 5.78 Å². The number of carbonyl (C=O) groups is 3. The molecule has 1 atom stereocenters. The second kappa shape index (κ2) is 9.65. The molecule has 5 nitrogen and oxygen atoms in total. The lowest BCUT2D eigenvalue weighted by atomic mass is 9.97. The molecule has 2 aromatic carbocycles. The van der Waals surface area contributed by atoms with Crippen LogP contribution in [0.25, 0.3) is 0 Å². The van der Waals surface area contributed by atoms with Gasteiger partial charge in [0.25, 0.3) is 5.91 Å². The van der Waals surface area contributed by atoms with Crippen LogP contribution in [0.1, 0.15) is 56.0 Å². The van der Waals surface area contributed by atoms with E-state index in [9.17, 15) is 14.4 Å². The van der Waals surface area contributed by atoms with Crippen LogP contribution in [0.4, 0.5) is 11.4 Å². The van der Waals surface area contributed by atoms with E-state index in [2.05, 4.69) is 24.5 Å². The number of hydrogen-bond donors (Lipinski definition) is 2. The van der Waals surface area contributed by atoms with Crippen molar-refractivity contribution in [1.29, 1.82) is 0 Å². The SMILES string of the molecule is CCC(C)c1ccccc1NC(=O)/C(C)=C\C(=O)Nc1ccc(C(C)=O)cc1. The Morgan fingerprint density at radius 1 is 0.964 bits per heavy atom. The second-order valence-electron chi connectivity index (χ2n) is 6.80. The highest BCUT2D eigenvalue weighted by atomic mass is 16.2. The predicted octanol–water partition coefficient (Wildman–Crippen LogP) is 4.93. The van der Waals surface area contributed by atoms with E-state index >= 15 is 0 Å². The van der Waals surface area contributed by atoms with Gasteiger partial charge in [0.05, 0.1) is 0 Å². The number of benzene rings is 2. The summed E-state index contributed by atoms with van der Waals surface area (Å²) in [6, 6.07) is 14.3. The van der Waals surface area contributed by atoms with Gasteiger partial charge in [0, 0.05) is 28.6 Å². The van der Waals surface area contributed by atoms with Crippen molar-refractivity contribution >= 4 is 29.0 Å². The van der Waals surface area contributed by atoms with Gasteiger partial charge in [-0.25, -0.2) is 0 Å². The van der Waals surface area contributed by atoms with Gasteiger partial charge in [-0.1, -0.05) is 32.0 Å². The number of nitrogens with one attached hydrogen (secondary N) is 2. The Morgan fingerprint density at radius 3 is 2.21 bits per heavy atom. The topological polar surface area (TPSA) is 75.3 Å². The summed E-state index contributed by atoms with van der Waals surface area (Å²) in [5.41, 5.74) is 3.26. The third kappa shape index (κ3) is 5.64. The zero-order valence-corrected chi connectivity index (χ0v) is 16.7. The van der Waals surface area contributed by atoms with Gasteiger partial charge in [-0.15, -0.1) is 0 Å². The van der Waals surface area contributed by atoms with E-state index in [1.54, 1.807) is 31.2 Å². The molecule has 0 bridgehead atoms. The predicted molar refractivity (Wildman–Crippen MR) is 113 cm³/mol. The van der Waals surface area contributed by atoms with Crippen molar-refractivity contribution in [1.82, 2.24) is 0 Å². The van der Waals surface area contributed by atoms with E-state index in [4.69, 9.17) is 0 Å².